The maximum atomic E-state index is 12.8. The number of nitrogens with one attached hydrogen (secondary N) is 1. The number of thiophene rings is 1. The number of esters is 1. The van der Waals surface area contributed by atoms with Gasteiger partial charge >= 0.3 is 5.97 Å². The van der Waals surface area contributed by atoms with Gasteiger partial charge in [0.15, 0.2) is 0 Å². The second-order valence-electron chi connectivity index (χ2n) is 6.59. The highest BCUT2D eigenvalue weighted by molar-refractivity contribution is 7.15. The molecule has 0 saturated carbocycles. The van der Waals surface area contributed by atoms with Gasteiger partial charge in [0, 0.05) is 16.0 Å². The summed E-state index contributed by atoms with van der Waals surface area (Å²) in [6, 6.07) is 16.5. The smallest absolute Gasteiger partial charge is 0.341 e. The van der Waals surface area contributed by atoms with Crippen LogP contribution in [0.4, 0.5) is 5.00 Å². The van der Waals surface area contributed by atoms with Crippen LogP contribution in [0, 0.1) is 18.3 Å². The lowest BCUT2D eigenvalue weighted by atomic mass is 10.0. The minimum absolute atomic E-state index is 0.131. The lowest BCUT2D eigenvalue weighted by Gasteiger charge is -2.09. The van der Waals surface area contributed by atoms with Crippen molar-refractivity contribution >= 4 is 45.9 Å². The molecule has 5 nitrogen and oxygen atoms in total. The van der Waals surface area contributed by atoms with E-state index in [1.54, 1.807) is 36.6 Å². The Morgan fingerprint density at radius 3 is 2.55 bits per heavy atom. The van der Waals surface area contributed by atoms with Crippen LogP contribution in [0.3, 0.4) is 0 Å². The van der Waals surface area contributed by atoms with Gasteiger partial charge in [0.05, 0.1) is 6.61 Å². The van der Waals surface area contributed by atoms with Crippen molar-refractivity contribution in [2.75, 3.05) is 11.9 Å². The average Bonchev–Trinajstić information content (AvgIpc) is 3.17. The van der Waals surface area contributed by atoms with Gasteiger partial charge in [-0.15, -0.1) is 11.3 Å². The van der Waals surface area contributed by atoms with Crippen LogP contribution >= 0.6 is 22.9 Å². The topological polar surface area (TPSA) is 79.2 Å². The lowest BCUT2D eigenvalue weighted by Crippen LogP contribution is -2.16. The van der Waals surface area contributed by atoms with E-state index in [4.69, 9.17) is 16.3 Å². The van der Waals surface area contributed by atoms with Crippen molar-refractivity contribution in [3.8, 4) is 17.2 Å². The monoisotopic (exact) mass is 450 g/mol. The molecule has 7 heteroatoms. The van der Waals surface area contributed by atoms with Crippen molar-refractivity contribution in [1.82, 2.24) is 0 Å². The van der Waals surface area contributed by atoms with Gasteiger partial charge in [0.2, 0.25) is 0 Å². The molecule has 0 aliphatic rings. The molecule has 0 fully saturated rings. The number of benzene rings is 2. The molecule has 1 amide bonds. The number of halogens is 1. The van der Waals surface area contributed by atoms with E-state index in [2.05, 4.69) is 5.32 Å². The number of anilines is 1. The van der Waals surface area contributed by atoms with E-state index < -0.39 is 11.9 Å². The quantitative estimate of drug-likeness (QED) is 0.279. The second kappa shape index (κ2) is 10.1. The molecule has 3 aromatic rings. The Balaban J connectivity index is 1.97. The largest absolute Gasteiger partial charge is 0.462 e. The Bertz CT molecular complexity index is 1190. The molecule has 31 heavy (non-hydrogen) atoms. The van der Waals surface area contributed by atoms with Gasteiger partial charge in [-0.2, -0.15) is 5.26 Å². The zero-order chi connectivity index (χ0) is 22.4. The van der Waals surface area contributed by atoms with Crippen molar-refractivity contribution < 1.29 is 14.3 Å². The minimum atomic E-state index is -0.634. The van der Waals surface area contributed by atoms with Crippen LogP contribution in [0.15, 0.2) is 59.5 Å². The van der Waals surface area contributed by atoms with Crippen molar-refractivity contribution in [2.45, 2.75) is 13.8 Å². The van der Waals surface area contributed by atoms with Crippen LogP contribution in [0.25, 0.3) is 17.2 Å². The fourth-order valence-corrected chi connectivity index (χ4v) is 4.01. The summed E-state index contributed by atoms with van der Waals surface area (Å²) < 4.78 is 5.21. The van der Waals surface area contributed by atoms with Gasteiger partial charge in [-0.1, -0.05) is 59.6 Å². The number of rotatable bonds is 6. The number of hydrogen-bond donors (Lipinski definition) is 1. The molecule has 0 saturated heterocycles. The summed E-state index contributed by atoms with van der Waals surface area (Å²) in [6.45, 7) is 3.89. The molecule has 0 aliphatic carbocycles. The molecule has 0 radical (unpaired) electrons. The number of carbonyl (C=O) groups excluding carboxylic acids is 2. The molecule has 0 unspecified atom stereocenters. The summed E-state index contributed by atoms with van der Waals surface area (Å²) in [6.07, 6.45) is 1.41. The van der Waals surface area contributed by atoms with Gasteiger partial charge in [0.1, 0.15) is 22.2 Å². The first kappa shape index (κ1) is 22.3. The lowest BCUT2D eigenvalue weighted by molar-refractivity contribution is -0.112. The number of ether oxygens (including phenoxy) is 1. The molecular weight excluding hydrogens is 432 g/mol. The van der Waals surface area contributed by atoms with Gasteiger partial charge in [-0.3, -0.25) is 4.79 Å². The van der Waals surface area contributed by atoms with Crippen LogP contribution in [0.2, 0.25) is 5.02 Å². The van der Waals surface area contributed by atoms with Crippen molar-refractivity contribution in [1.29, 1.82) is 5.26 Å². The summed E-state index contributed by atoms with van der Waals surface area (Å²) in [5, 5.41) is 14.7. The highest BCUT2D eigenvalue weighted by Crippen LogP contribution is 2.36. The summed E-state index contributed by atoms with van der Waals surface area (Å²) in [7, 11) is 0. The summed E-state index contributed by atoms with van der Waals surface area (Å²) in [4.78, 5) is 25.5. The Morgan fingerprint density at radius 2 is 1.90 bits per heavy atom. The molecule has 0 atom stereocenters. The fraction of sp³-hybridized carbons (Fsp3) is 0.125. The summed E-state index contributed by atoms with van der Waals surface area (Å²) in [5.74, 6) is -1.17. The van der Waals surface area contributed by atoms with E-state index in [-0.39, 0.29) is 17.7 Å². The van der Waals surface area contributed by atoms with Crippen molar-refractivity contribution in [2.24, 2.45) is 0 Å². The first-order valence-electron chi connectivity index (χ1n) is 9.48. The minimum Gasteiger partial charge on any atom is -0.462 e. The molecule has 1 heterocycles. The molecule has 0 spiro atoms. The third kappa shape index (κ3) is 5.21. The maximum Gasteiger partial charge on any atom is 0.341 e. The van der Waals surface area contributed by atoms with Crippen LogP contribution < -0.4 is 5.32 Å². The third-order valence-corrected chi connectivity index (χ3v) is 5.67. The van der Waals surface area contributed by atoms with Gasteiger partial charge < -0.3 is 10.1 Å². The predicted octanol–water partition coefficient (Wildman–Crippen LogP) is 6.10. The molecule has 3 rings (SSSR count). The molecule has 156 valence electrons. The Kier molecular flexibility index (Phi) is 7.24. The molecule has 0 aliphatic heterocycles. The highest BCUT2D eigenvalue weighted by Gasteiger charge is 2.23. The number of hydrogen-bond acceptors (Lipinski definition) is 5. The van der Waals surface area contributed by atoms with E-state index in [1.807, 2.05) is 37.3 Å². The van der Waals surface area contributed by atoms with E-state index in [0.29, 0.717) is 21.2 Å². The molecule has 2 aromatic carbocycles. The standard InChI is InChI=1S/C24H19ClN2O3S/c1-3-30-24(29)21-19(16-10-8-15(2)9-11-16)14-31-23(21)27-22(28)18(13-26)12-17-6-4-5-7-20(17)25/h4-12,14H,3H2,1-2H3,(H,27,28). The zero-order valence-corrected chi connectivity index (χ0v) is 18.5. The van der Waals surface area contributed by atoms with Crippen LogP contribution in [0.5, 0.6) is 0 Å². The normalized spacial score (nSPS) is 11.0. The molecule has 1 aromatic heterocycles. The summed E-state index contributed by atoms with van der Waals surface area (Å²) >= 11 is 7.33. The first-order chi connectivity index (χ1) is 14.9. The first-order valence-corrected chi connectivity index (χ1v) is 10.7. The highest BCUT2D eigenvalue weighted by atomic mass is 35.5. The van der Waals surface area contributed by atoms with Gasteiger partial charge in [-0.05, 0) is 37.1 Å². The average molecular weight is 451 g/mol. The summed E-state index contributed by atoms with van der Waals surface area (Å²) in [5.41, 5.74) is 3.26. The van der Waals surface area contributed by atoms with Gasteiger partial charge in [-0.25, -0.2) is 4.79 Å². The fourth-order valence-electron chi connectivity index (χ4n) is 2.87. The van der Waals surface area contributed by atoms with Crippen molar-refractivity contribution in [3.63, 3.8) is 0 Å². The third-order valence-electron chi connectivity index (χ3n) is 4.43. The zero-order valence-electron chi connectivity index (χ0n) is 16.9. The number of carbonyl (C=O) groups is 2. The van der Waals surface area contributed by atoms with E-state index in [1.165, 1.54) is 17.4 Å². The molecular formula is C24H19ClN2O3S. The second-order valence-corrected chi connectivity index (χ2v) is 7.87. The van der Waals surface area contributed by atoms with E-state index in [0.717, 1.165) is 11.1 Å². The van der Waals surface area contributed by atoms with Crippen LogP contribution in [-0.2, 0) is 9.53 Å². The van der Waals surface area contributed by atoms with Crippen LogP contribution in [0.1, 0.15) is 28.4 Å². The Morgan fingerprint density at radius 1 is 1.19 bits per heavy atom. The van der Waals surface area contributed by atoms with Gasteiger partial charge in [0.25, 0.3) is 5.91 Å². The van der Waals surface area contributed by atoms with Crippen LogP contribution in [-0.4, -0.2) is 18.5 Å². The van der Waals surface area contributed by atoms with E-state index in [9.17, 15) is 14.9 Å². The Labute approximate surface area is 189 Å². The Hall–Kier alpha value is -3.40. The van der Waals surface area contributed by atoms with Crippen molar-refractivity contribution in [3.05, 3.63) is 81.2 Å². The number of aryl methyl sites for hydroxylation is 1. The number of nitrogens with zero attached hydrogens (tertiary/aromatic N) is 1. The van der Waals surface area contributed by atoms with E-state index >= 15 is 0 Å². The number of nitriles is 1. The SMILES string of the molecule is CCOC(=O)c1c(-c2ccc(C)cc2)csc1NC(=O)C(C#N)=Cc1ccccc1Cl. The molecule has 0 bridgehead atoms. The predicted molar refractivity (Wildman–Crippen MR) is 124 cm³/mol. The maximum absolute atomic E-state index is 12.8. The number of amides is 1. The molecule has 1 N–H and O–H groups in total.